The molecule has 0 aliphatic rings. The predicted octanol–water partition coefficient (Wildman–Crippen LogP) is 3.53. The number of rotatable bonds is 7. The summed E-state index contributed by atoms with van der Waals surface area (Å²) in [7, 11) is 2.21. The van der Waals surface area contributed by atoms with Gasteiger partial charge in [-0.05, 0) is 45.0 Å². The van der Waals surface area contributed by atoms with Gasteiger partial charge in [-0.25, -0.2) is 0 Å². The minimum Gasteiger partial charge on any atom is -0.384 e. The van der Waals surface area contributed by atoms with Gasteiger partial charge in [-0.15, -0.1) is 0 Å². The zero-order valence-electron chi connectivity index (χ0n) is 11.7. The lowest BCUT2D eigenvalue weighted by atomic mass is 10.2. The first-order valence-corrected chi connectivity index (χ1v) is 6.64. The van der Waals surface area contributed by atoms with Crippen molar-refractivity contribution in [3.8, 4) is 0 Å². The molecular formula is C15H26N2. The summed E-state index contributed by atoms with van der Waals surface area (Å²) in [6, 6.07) is 9.22. The van der Waals surface area contributed by atoms with E-state index in [-0.39, 0.29) is 0 Å². The van der Waals surface area contributed by atoms with E-state index in [1.165, 1.54) is 24.1 Å². The third-order valence-electron chi connectivity index (χ3n) is 3.27. The fraction of sp³-hybridized carbons (Fsp3) is 0.600. The Bertz CT molecular complexity index is 322. The van der Waals surface area contributed by atoms with Crippen molar-refractivity contribution in [2.75, 3.05) is 25.5 Å². The first-order valence-electron chi connectivity index (χ1n) is 6.64. The lowest BCUT2D eigenvalue weighted by Crippen LogP contribution is -2.33. The summed E-state index contributed by atoms with van der Waals surface area (Å²) < 4.78 is 0. The van der Waals surface area contributed by atoms with E-state index in [2.05, 4.69) is 62.3 Å². The summed E-state index contributed by atoms with van der Waals surface area (Å²) in [5, 5.41) is 3.47. The fourth-order valence-corrected chi connectivity index (χ4v) is 1.99. The van der Waals surface area contributed by atoms with Gasteiger partial charge >= 0.3 is 0 Å². The average molecular weight is 234 g/mol. The van der Waals surface area contributed by atoms with E-state index in [1.807, 2.05) is 0 Å². The topological polar surface area (TPSA) is 15.3 Å². The quantitative estimate of drug-likeness (QED) is 0.776. The molecule has 0 fully saturated rings. The fourth-order valence-electron chi connectivity index (χ4n) is 1.99. The highest BCUT2D eigenvalue weighted by Crippen LogP contribution is 2.09. The number of hydrogen-bond acceptors (Lipinski definition) is 2. The first kappa shape index (κ1) is 14.0. The molecule has 0 aliphatic heterocycles. The number of anilines is 1. The smallest absolute Gasteiger partial charge is 0.0343 e. The summed E-state index contributed by atoms with van der Waals surface area (Å²) in [6.07, 6.45) is 2.54. The number of nitrogens with one attached hydrogen (secondary N) is 1. The molecule has 2 heteroatoms. The maximum atomic E-state index is 3.47. The highest BCUT2D eigenvalue weighted by molar-refractivity contribution is 5.45. The molecule has 0 saturated carbocycles. The standard InChI is InChI=1S/C15H26N2/c1-5-7-14(3)17(4)11-10-16-15-9-6-8-13(2)12-15/h6,8-9,12,14,16H,5,7,10-11H2,1-4H3. The molecule has 1 unspecified atom stereocenters. The zero-order chi connectivity index (χ0) is 12.7. The molecule has 0 saturated heterocycles. The van der Waals surface area contributed by atoms with Gasteiger partial charge < -0.3 is 10.2 Å². The van der Waals surface area contributed by atoms with Gasteiger partial charge in [-0.3, -0.25) is 0 Å². The van der Waals surface area contributed by atoms with E-state index >= 15 is 0 Å². The number of likely N-dealkylation sites (N-methyl/N-ethyl adjacent to an activating group) is 1. The van der Waals surface area contributed by atoms with E-state index in [1.54, 1.807) is 0 Å². The Kier molecular flexibility index (Phi) is 6.06. The molecule has 0 bridgehead atoms. The summed E-state index contributed by atoms with van der Waals surface area (Å²) in [4.78, 5) is 2.42. The Balaban J connectivity index is 2.28. The third-order valence-corrected chi connectivity index (χ3v) is 3.27. The number of hydrogen-bond donors (Lipinski definition) is 1. The van der Waals surface area contributed by atoms with E-state index in [0.717, 1.165) is 13.1 Å². The Labute approximate surface area is 106 Å². The van der Waals surface area contributed by atoms with Crippen LogP contribution in [-0.2, 0) is 0 Å². The third kappa shape index (κ3) is 5.22. The predicted molar refractivity (Wildman–Crippen MR) is 76.7 cm³/mol. The second kappa shape index (κ2) is 7.33. The van der Waals surface area contributed by atoms with Crippen molar-refractivity contribution in [2.24, 2.45) is 0 Å². The van der Waals surface area contributed by atoms with E-state index in [0.29, 0.717) is 6.04 Å². The maximum Gasteiger partial charge on any atom is 0.0343 e. The molecule has 0 radical (unpaired) electrons. The van der Waals surface area contributed by atoms with Gasteiger partial charge in [0.25, 0.3) is 0 Å². The zero-order valence-corrected chi connectivity index (χ0v) is 11.7. The van der Waals surface area contributed by atoms with Crippen molar-refractivity contribution in [1.82, 2.24) is 4.90 Å². The summed E-state index contributed by atoms with van der Waals surface area (Å²) in [5.74, 6) is 0. The van der Waals surface area contributed by atoms with Gasteiger partial charge in [0.1, 0.15) is 0 Å². The molecule has 17 heavy (non-hydrogen) atoms. The second-order valence-electron chi connectivity index (χ2n) is 4.91. The molecule has 96 valence electrons. The van der Waals surface area contributed by atoms with Crippen LogP contribution >= 0.6 is 0 Å². The Morgan fingerprint density at radius 1 is 1.35 bits per heavy atom. The van der Waals surface area contributed by atoms with Crippen LogP contribution in [0.25, 0.3) is 0 Å². The average Bonchev–Trinajstić information content (AvgIpc) is 2.29. The van der Waals surface area contributed by atoms with E-state index in [9.17, 15) is 0 Å². The van der Waals surface area contributed by atoms with E-state index < -0.39 is 0 Å². The number of benzene rings is 1. The normalized spacial score (nSPS) is 12.8. The van der Waals surface area contributed by atoms with Crippen molar-refractivity contribution >= 4 is 5.69 Å². The van der Waals surface area contributed by atoms with Gasteiger partial charge in [0.15, 0.2) is 0 Å². The lowest BCUT2D eigenvalue weighted by molar-refractivity contribution is 0.254. The van der Waals surface area contributed by atoms with Crippen LogP contribution in [0.1, 0.15) is 32.3 Å². The molecule has 0 heterocycles. The monoisotopic (exact) mass is 234 g/mol. The SMILES string of the molecule is CCCC(C)N(C)CCNc1cccc(C)c1. The summed E-state index contributed by atoms with van der Waals surface area (Å²) >= 11 is 0. The molecule has 1 N–H and O–H groups in total. The molecule has 0 aliphatic carbocycles. The molecular weight excluding hydrogens is 208 g/mol. The van der Waals surface area contributed by atoms with Crippen LogP contribution < -0.4 is 5.32 Å². The van der Waals surface area contributed by atoms with Crippen LogP contribution in [0.3, 0.4) is 0 Å². The molecule has 1 atom stereocenters. The summed E-state index contributed by atoms with van der Waals surface area (Å²) in [5.41, 5.74) is 2.53. The van der Waals surface area contributed by atoms with Crippen molar-refractivity contribution in [1.29, 1.82) is 0 Å². The Morgan fingerprint density at radius 2 is 2.12 bits per heavy atom. The Hall–Kier alpha value is -1.02. The molecule has 0 spiro atoms. The van der Waals surface area contributed by atoms with Gasteiger partial charge in [0.2, 0.25) is 0 Å². The minimum atomic E-state index is 0.680. The van der Waals surface area contributed by atoms with Crippen LogP contribution in [0.2, 0.25) is 0 Å². The number of nitrogens with zero attached hydrogens (tertiary/aromatic N) is 1. The highest BCUT2D eigenvalue weighted by Gasteiger charge is 2.06. The van der Waals surface area contributed by atoms with Crippen molar-refractivity contribution in [3.05, 3.63) is 29.8 Å². The van der Waals surface area contributed by atoms with Gasteiger partial charge in [-0.2, -0.15) is 0 Å². The van der Waals surface area contributed by atoms with Crippen molar-refractivity contribution < 1.29 is 0 Å². The van der Waals surface area contributed by atoms with Gasteiger partial charge in [0.05, 0.1) is 0 Å². The van der Waals surface area contributed by atoms with Gasteiger partial charge in [0, 0.05) is 24.8 Å². The molecule has 0 aromatic heterocycles. The molecule has 1 rings (SSSR count). The van der Waals surface area contributed by atoms with Crippen LogP contribution in [0.5, 0.6) is 0 Å². The minimum absolute atomic E-state index is 0.680. The van der Waals surface area contributed by atoms with Crippen LogP contribution in [0, 0.1) is 6.92 Å². The van der Waals surface area contributed by atoms with Crippen LogP contribution in [-0.4, -0.2) is 31.1 Å². The molecule has 1 aromatic rings. The molecule has 1 aromatic carbocycles. The number of aryl methyl sites for hydroxylation is 1. The van der Waals surface area contributed by atoms with Crippen molar-refractivity contribution in [2.45, 2.75) is 39.7 Å². The van der Waals surface area contributed by atoms with Crippen LogP contribution in [0.15, 0.2) is 24.3 Å². The van der Waals surface area contributed by atoms with Gasteiger partial charge in [-0.1, -0.05) is 25.5 Å². The van der Waals surface area contributed by atoms with Crippen LogP contribution in [0.4, 0.5) is 5.69 Å². The Morgan fingerprint density at radius 3 is 2.76 bits per heavy atom. The maximum absolute atomic E-state index is 3.47. The molecule has 2 nitrogen and oxygen atoms in total. The highest BCUT2D eigenvalue weighted by atomic mass is 15.1. The first-order chi connectivity index (χ1) is 8.13. The largest absolute Gasteiger partial charge is 0.384 e. The lowest BCUT2D eigenvalue weighted by Gasteiger charge is -2.24. The summed E-state index contributed by atoms with van der Waals surface area (Å²) in [6.45, 7) is 8.77. The van der Waals surface area contributed by atoms with Crippen molar-refractivity contribution in [3.63, 3.8) is 0 Å². The van der Waals surface area contributed by atoms with E-state index in [4.69, 9.17) is 0 Å². The molecule has 0 amide bonds. The second-order valence-corrected chi connectivity index (χ2v) is 4.91.